The Bertz CT molecular complexity index is 1050. The van der Waals surface area contributed by atoms with Gasteiger partial charge in [0.05, 0.1) is 17.6 Å². The number of nitrogens with one attached hydrogen (secondary N) is 1. The minimum absolute atomic E-state index is 0.346. The van der Waals surface area contributed by atoms with E-state index in [0.29, 0.717) is 11.5 Å². The monoisotopic (exact) mass is 382 g/mol. The number of rotatable bonds is 5. The van der Waals surface area contributed by atoms with Crippen molar-refractivity contribution in [3.63, 3.8) is 0 Å². The molecule has 0 bridgehead atoms. The second-order valence-corrected chi connectivity index (χ2v) is 6.41. The molecule has 2 N–H and O–H groups in total. The maximum Gasteiger partial charge on any atom is 0.244 e. The topological polar surface area (TPSA) is 87.5 Å². The number of allylic oxidation sites excluding steroid dienone is 2. The second-order valence-electron chi connectivity index (χ2n) is 6.41. The van der Waals surface area contributed by atoms with Gasteiger partial charge in [0.1, 0.15) is 6.10 Å². The summed E-state index contributed by atoms with van der Waals surface area (Å²) in [5, 5.41) is 13.8. The van der Waals surface area contributed by atoms with Gasteiger partial charge in [-0.25, -0.2) is 15.4 Å². The Hall–Kier alpha value is -3.90. The highest BCUT2D eigenvalue weighted by molar-refractivity contribution is 6.00. The first kappa shape index (κ1) is 18.5. The Morgan fingerprint density at radius 2 is 1.48 bits per heavy atom. The number of benzene rings is 2. The summed E-state index contributed by atoms with van der Waals surface area (Å²) in [5.41, 5.74) is 6.95. The first-order valence-corrected chi connectivity index (χ1v) is 9.10. The van der Waals surface area contributed by atoms with Gasteiger partial charge in [-0.1, -0.05) is 60.7 Å². The lowest BCUT2D eigenvalue weighted by atomic mass is 10.1. The summed E-state index contributed by atoms with van der Waals surface area (Å²) in [7, 11) is 0. The van der Waals surface area contributed by atoms with Crippen molar-refractivity contribution in [2.24, 2.45) is 5.10 Å². The SMILES string of the molecule is O=C1C=CC(/C=N/Nc2nc(-c3ccccc3)cc(-c3ccccc3)n2)=CC1O. The molecule has 1 atom stereocenters. The van der Waals surface area contributed by atoms with E-state index in [1.54, 1.807) is 6.08 Å². The molecule has 0 spiro atoms. The average Bonchev–Trinajstić information content (AvgIpc) is 2.77. The number of hydrogen-bond donors (Lipinski definition) is 2. The average molecular weight is 382 g/mol. The molecular formula is C23H18N4O2. The Balaban J connectivity index is 1.64. The zero-order valence-corrected chi connectivity index (χ0v) is 15.4. The van der Waals surface area contributed by atoms with E-state index in [2.05, 4.69) is 20.5 Å². The molecular weight excluding hydrogens is 364 g/mol. The number of aliphatic hydroxyl groups excluding tert-OH is 1. The van der Waals surface area contributed by atoms with Crippen LogP contribution in [-0.2, 0) is 4.79 Å². The molecule has 3 aromatic rings. The summed E-state index contributed by atoms with van der Waals surface area (Å²) in [6.45, 7) is 0. The van der Waals surface area contributed by atoms with Crippen molar-refractivity contribution < 1.29 is 9.90 Å². The number of carbonyl (C=O) groups is 1. The van der Waals surface area contributed by atoms with Crippen LogP contribution in [0.4, 0.5) is 5.95 Å². The normalized spacial score (nSPS) is 16.1. The van der Waals surface area contributed by atoms with Crippen molar-refractivity contribution in [2.45, 2.75) is 6.10 Å². The van der Waals surface area contributed by atoms with Crippen LogP contribution in [-0.4, -0.2) is 33.2 Å². The number of anilines is 1. The fourth-order valence-electron chi connectivity index (χ4n) is 2.86. The third-order valence-corrected chi connectivity index (χ3v) is 4.33. The smallest absolute Gasteiger partial charge is 0.244 e. The largest absolute Gasteiger partial charge is 0.381 e. The summed E-state index contributed by atoms with van der Waals surface area (Å²) in [5.74, 6) is -0.0000206. The summed E-state index contributed by atoms with van der Waals surface area (Å²) >= 11 is 0. The van der Waals surface area contributed by atoms with Gasteiger partial charge in [0, 0.05) is 11.1 Å². The van der Waals surface area contributed by atoms with Crippen LogP contribution in [0.2, 0.25) is 0 Å². The van der Waals surface area contributed by atoms with Gasteiger partial charge in [-0.3, -0.25) is 4.79 Å². The summed E-state index contributed by atoms with van der Waals surface area (Å²) in [6, 6.07) is 21.6. The molecule has 1 unspecified atom stereocenters. The van der Waals surface area contributed by atoms with E-state index in [-0.39, 0.29) is 5.78 Å². The van der Waals surface area contributed by atoms with Crippen LogP contribution in [0.3, 0.4) is 0 Å². The third-order valence-electron chi connectivity index (χ3n) is 4.33. The van der Waals surface area contributed by atoms with Gasteiger partial charge in [-0.05, 0) is 29.9 Å². The van der Waals surface area contributed by atoms with Crippen molar-refractivity contribution in [1.82, 2.24) is 9.97 Å². The Morgan fingerprint density at radius 1 is 0.897 bits per heavy atom. The second kappa shape index (κ2) is 8.41. The molecule has 0 saturated carbocycles. The molecule has 0 amide bonds. The van der Waals surface area contributed by atoms with Crippen molar-refractivity contribution in [1.29, 1.82) is 0 Å². The highest BCUT2D eigenvalue weighted by atomic mass is 16.3. The molecule has 29 heavy (non-hydrogen) atoms. The lowest BCUT2D eigenvalue weighted by Crippen LogP contribution is -2.18. The minimum atomic E-state index is -1.14. The highest BCUT2D eigenvalue weighted by Crippen LogP contribution is 2.25. The number of hydrazone groups is 1. The van der Waals surface area contributed by atoms with Gasteiger partial charge < -0.3 is 5.11 Å². The van der Waals surface area contributed by atoms with E-state index in [1.807, 2.05) is 66.7 Å². The van der Waals surface area contributed by atoms with Crippen LogP contribution >= 0.6 is 0 Å². The van der Waals surface area contributed by atoms with E-state index < -0.39 is 6.10 Å². The van der Waals surface area contributed by atoms with Gasteiger partial charge >= 0.3 is 0 Å². The molecule has 4 rings (SSSR count). The van der Waals surface area contributed by atoms with Crippen molar-refractivity contribution in [3.05, 3.63) is 90.5 Å². The number of ketones is 1. The standard InChI is InChI=1S/C23H18N4O2/c28-21-12-11-16(13-22(21)29)15-24-27-23-25-19(17-7-3-1-4-8-17)14-20(26-23)18-9-5-2-6-10-18/h1-15,22,29H,(H,25,26,27)/b24-15+. The molecule has 1 aliphatic carbocycles. The van der Waals surface area contributed by atoms with Crippen LogP contribution in [0.5, 0.6) is 0 Å². The van der Waals surface area contributed by atoms with E-state index in [1.165, 1.54) is 18.4 Å². The zero-order valence-electron chi connectivity index (χ0n) is 15.4. The first-order valence-electron chi connectivity index (χ1n) is 9.10. The summed E-state index contributed by atoms with van der Waals surface area (Å²) in [6.07, 6.45) is 4.73. The lowest BCUT2D eigenvalue weighted by Gasteiger charge is -2.09. The molecule has 1 heterocycles. The zero-order chi connectivity index (χ0) is 20.1. The summed E-state index contributed by atoms with van der Waals surface area (Å²) < 4.78 is 0. The number of nitrogens with zero attached hydrogens (tertiary/aromatic N) is 3. The first-order chi connectivity index (χ1) is 14.2. The molecule has 2 aromatic carbocycles. The van der Waals surface area contributed by atoms with Crippen LogP contribution < -0.4 is 5.43 Å². The predicted molar refractivity (Wildman–Crippen MR) is 113 cm³/mol. The molecule has 6 nitrogen and oxygen atoms in total. The Morgan fingerprint density at radius 3 is 2.03 bits per heavy atom. The van der Waals surface area contributed by atoms with Crippen LogP contribution in [0.25, 0.3) is 22.5 Å². The number of aromatic nitrogens is 2. The van der Waals surface area contributed by atoms with E-state index in [4.69, 9.17) is 0 Å². The maximum absolute atomic E-state index is 11.3. The molecule has 0 saturated heterocycles. The van der Waals surface area contributed by atoms with Gasteiger partial charge in [0.25, 0.3) is 0 Å². The molecule has 0 aliphatic heterocycles. The number of carbonyl (C=O) groups excluding carboxylic acids is 1. The fraction of sp³-hybridized carbons (Fsp3) is 0.0435. The van der Waals surface area contributed by atoms with Crippen molar-refractivity contribution >= 4 is 17.9 Å². The lowest BCUT2D eigenvalue weighted by molar-refractivity contribution is -0.120. The van der Waals surface area contributed by atoms with E-state index in [9.17, 15) is 9.90 Å². The quantitative estimate of drug-likeness (QED) is 0.520. The maximum atomic E-state index is 11.3. The molecule has 142 valence electrons. The van der Waals surface area contributed by atoms with E-state index >= 15 is 0 Å². The molecule has 0 fully saturated rings. The Kier molecular flexibility index (Phi) is 5.36. The van der Waals surface area contributed by atoms with Crippen molar-refractivity contribution in [2.75, 3.05) is 5.43 Å². The Labute approximate surface area is 168 Å². The highest BCUT2D eigenvalue weighted by Gasteiger charge is 2.13. The van der Waals surface area contributed by atoms with Gasteiger partial charge in [-0.2, -0.15) is 5.10 Å². The third kappa shape index (κ3) is 4.51. The predicted octanol–water partition coefficient (Wildman–Crippen LogP) is 3.63. The molecule has 1 aromatic heterocycles. The van der Waals surface area contributed by atoms with Gasteiger partial charge in [0.15, 0.2) is 5.78 Å². The van der Waals surface area contributed by atoms with Crippen molar-refractivity contribution in [3.8, 4) is 22.5 Å². The molecule has 0 radical (unpaired) electrons. The van der Waals surface area contributed by atoms with Crippen LogP contribution in [0.1, 0.15) is 0 Å². The summed E-state index contributed by atoms with van der Waals surface area (Å²) in [4.78, 5) is 20.4. The van der Waals surface area contributed by atoms with E-state index in [0.717, 1.165) is 22.5 Å². The van der Waals surface area contributed by atoms with Gasteiger partial charge in [-0.15, -0.1) is 0 Å². The molecule has 6 heteroatoms. The minimum Gasteiger partial charge on any atom is -0.381 e. The van der Waals surface area contributed by atoms with Crippen LogP contribution in [0.15, 0.2) is 95.6 Å². The fourth-order valence-corrected chi connectivity index (χ4v) is 2.86. The molecule has 1 aliphatic rings. The number of aliphatic hydroxyl groups is 1. The van der Waals surface area contributed by atoms with Gasteiger partial charge in [0.2, 0.25) is 5.95 Å². The number of hydrogen-bond acceptors (Lipinski definition) is 6. The van der Waals surface area contributed by atoms with Crippen LogP contribution in [0, 0.1) is 0 Å².